The van der Waals surface area contributed by atoms with E-state index in [1.165, 1.54) is 4.68 Å². The molecule has 5 heteroatoms. The Labute approximate surface area is 105 Å². The van der Waals surface area contributed by atoms with E-state index < -0.39 is 0 Å². The number of aromatic nitrogens is 3. The minimum absolute atomic E-state index is 0.116. The van der Waals surface area contributed by atoms with E-state index >= 15 is 0 Å². The molecule has 0 saturated heterocycles. The molecule has 0 unspecified atom stereocenters. The van der Waals surface area contributed by atoms with Gasteiger partial charge in [0.25, 0.3) is 5.56 Å². The molecule has 2 aromatic rings. The molecule has 1 N–H and O–H groups in total. The lowest BCUT2D eigenvalue weighted by molar-refractivity contribution is 0.638. The Balaban J connectivity index is 2.22. The largest absolute Gasteiger partial charge is 0.384 e. The van der Waals surface area contributed by atoms with E-state index in [9.17, 15) is 4.79 Å². The maximum atomic E-state index is 11.8. The summed E-state index contributed by atoms with van der Waals surface area (Å²) in [5.41, 5.74) is 2.68. The van der Waals surface area contributed by atoms with Gasteiger partial charge in [-0.05, 0) is 25.0 Å². The minimum Gasteiger partial charge on any atom is -0.384 e. The summed E-state index contributed by atoms with van der Waals surface area (Å²) < 4.78 is 1.43. The summed E-state index contributed by atoms with van der Waals surface area (Å²) in [5.74, 6) is 0. The number of nitrogens with one attached hydrogen (secondary N) is 1. The highest BCUT2D eigenvalue weighted by Gasteiger charge is 2.01. The Morgan fingerprint density at radius 1 is 1.28 bits per heavy atom. The number of rotatable bonds is 4. The zero-order valence-electron chi connectivity index (χ0n) is 10.6. The molecular weight excluding hydrogens is 228 g/mol. The van der Waals surface area contributed by atoms with E-state index in [-0.39, 0.29) is 5.56 Å². The maximum Gasteiger partial charge on any atom is 0.269 e. The average molecular weight is 244 g/mol. The normalized spacial score (nSPS) is 10.3. The number of hydrogen-bond acceptors (Lipinski definition) is 4. The molecule has 0 radical (unpaired) electrons. The number of pyridine rings is 1. The molecule has 0 aliphatic rings. The minimum atomic E-state index is -0.116. The van der Waals surface area contributed by atoms with Crippen molar-refractivity contribution in [2.45, 2.75) is 20.4 Å². The molecule has 5 nitrogen and oxygen atoms in total. The van der Waals surface area contributed by atoms with E-state index in [0.29, 0.717) is 6.54 Å². The van der Waals surface area contributed by atoms with Crippen LogP contribution in [0.4, 0.5) is 5.69 Å². The zero-order valence-corrected chi connectivity index (χ0v) is 10.6. The summed E-state index contributed by atoms with van der Waals surface area (Å²) in [5, 5.41) is 7.20. The van der Waals surface area contributed by atoms with E-state index in [1.807, 2.05) is 19.9 Å². The van der Waals surface area contributed by atoms with Crippen molar-refractivity contribution in [3.8, 4) is 0 Å². The first-order valence-electron chi connectivity index (χ1n) is 5.90. The van der Waals surface area contributed by atoms with Crippen molar-refractivity contribution in [2.75, 3.05) is 11.9 Å². The van der Waals surface area contributed by atoms with Crippen LogP contribution in [-0.4, -0.2) is 21.3 Å². The molecule has 94 valence electrons. The highest BCUT2D eigenvalue weighted by molar-refractivity contribution is 5.38. The van der Waals surface area contributed by atoms with Gasteiger partial charge in [0, 0.05) is 25.0 Å². The average Bonchev–Trinajstić information content (AvgIpc) is 2.33. The van der Waals surface area contributed by atoms with Crippen LogP contribution in [0.3, 0.4) is 0 Å². The zero-order chi connectivity index (χ0) is 13.0. The first-order valence-corrected chi connectivity index (χ1v) is 5.90. The molecule has 0 saturated carbocycles. The van der Waals surface area contributed by atoms with Gasteiger partial charge in [-0.3, -0.25) is 9.78 Å². The van der Waals surface area contributed by atoms with Gasteiger partial charge in [-0.1, -0.05) is 6.07 Å². The number of hydrogen-bond donors (Lipinski definition) is 1. The fourth-order valence-electron chi connectivity index (χ4n) is 1.73. The van der Waals surface area contributed by atoms with Gasteiger partial charge in [0.15, 0.2) is 0 Å². The summed E-state index contributed by atoms with van der Waals surface area (Å²) in [6.07, 6.45) is 5.20. The van der Waals surface area contributed by atoms with E-state index in [1.54, 1.807) is 24.7 Å². The third kappa shape index (κ3) is 2.94. The maximum absolute atomic E-state index is 11.8. The molecular formula is C13H16N4O. The van der Waals surface area contributed by atoms with Crippen LogP contribution in [0.5, 0.6) is 0 Å². The Morgan fingerprint density at radius 3 is 2.78 bits per heavy atom. The fourth-order valence-corrected chi connectivity index (χ4v) is 1.73. The Bertz CT molecular complexity index is 592. The summed E-state index contributed by atoms with van der Waals surface area (Å²) in [7, 11) is 0. The quantitative estimate of drug-likeness (QED) is 0.883. The first-order chi connectivity index (χ1) is 8.69. The summed E-state index contributed by atoms with van der Waals surface area (Å²) in [6, 6.07) is 3.55. The Morgan fingerprint density at radius 2 is 2.11 bits per heavy atom. The number of anilines is 1. The van der Waals surface area contributed by atoms with Crippen molar-refractivity contribution in [3.63, 3.8) is 0 Å². The van der Waals surface area contributed by atoms with E-state index in [0.717, 1.165) is 23.4 Å². The van der Waals surface area contributed by atoms with Gasteiger partial charge in [0.2, 0.25) is 0 Å². The van der Waals surface area contributed by atoms with Crippen molar-refractivity contribution in [1.29, 1.82) is 0 Å². The molecule has 0 aliphatic heterocycles. The van der Waals surface area contributed by atoms with Crippen LogP contribution in [-0.2, 0) is 6.54 Å². The van der Waals surface area contributed by atoms with Crippen molar-refractivity contribution in [1.82, 2.24) is 14.8 Å². The van der Waals surface area contributed by atoms with Gasteiger partial charge < -0.3 is 5.32 Å². The van der Waals surface area contributed by atoms with Crippen LogP contribution >= 0.6 is 0 Å². The third-order valence-electron chi connectivity index (χ3n) is 2.51. The van der Waals surface area contributed by atoms with Crippen LogP contribution in [0.25, 0.3) is 0 Å². The van der Waals surface area contributed by atoms with Gasteiger partial charge in [0.1, 0.15) is 0 Å². The molecule has 2 heterocycles. The molecule has 0 atom stereocenters. The van der Waals surface area contributed by atoms with Gasteiger partial charge in [-0.25, -0.2) is 4.68 Å². The molecule has 0 aromatic carbocycles. The van der Waals surface area contributed by atoms with Gasteiger partial charge in [-0.15, -0.1) is 0 Å². The van der Waals surface area contributed by atoms with Crippen LogP contribution < -0.4 is 10.9 Å². The van der Waals surface area contributed by atoms with Gasteiger partial charge in [0.05, 0.1) is 18.4 Å². The molecule has 0 bridgehead atoms. The van der Waals surface area contributed by atoms with E-state index in [4.69, 9.17) is 0 Å². The molecule has 2 rings (SSSR count). The van der Waals surface area contributed by atoms with Crippen molar-refractivity contribution >= 4 is 5.69 Å². The molecule has 2 aromatic heterocycles. The van der Waals surface area contributed by atoms with Crippen LogP contribution in [0.2, 0.25) is 0 Å². The lowest BCUT2D eigenvalue weighted by atomic mass is 10.2. The summed E-state index contributed by atoms with van der Waals surface area (Å²) in [6.45, 7) is 5.16. The second-order valence-electron chi connectivity index (χ2n) is 4.14. The molecule has 0 fully saturated rings. The second-order valence-corrected chi connectivity index (χ2v) is 4.14. The summed E-state index contributed by atoms with van der Waals surface area (Å²) >= 11 is 0. The Hall–Kier alpha value is -2.17. The first kappa shape index (κ1) is 12.3. The lowest BCUT2D eigenvalue weighted by Crippen LogP contribution is -2.23. The molecule has 0 amide bonds. The molecule has 0 spiro atoms. The number of nitrogens with zero attached hydrogens (tertiary/aromatic N) is 3. The van der Waals surface area contributed by atoms with Crippen LogP contribution in [0.1, 0.15) is 18.1 Å². The van der Waals surface area contributed by atoms with Gasteiger partial charge in [-0.2, -0.15) is 5.10 Å². The number of aryl methyl sites for hydroxylation is 1. The van der Waals surface area contributed by atoms with Gasteiger partial charge >= 0.3 is 0 Å². The van der Waals surface area contributed by atoms with Crippen molar-refractivity contribution in [3.05, 3.63) is 52.2 Å². The van der Waals surface area contributed by atoms with E-state index in [2.05, 4.69) is 15.4 Å². The van der Waals surface area contributed by atoms with Crippen molar-refractivity contribution in [2.24, 2.45) is 0 Å². The molecule has 18 heavy (non-hydrogen) atoms. The predicted molar refractivity (Wildman–Crippen MR) is 70.7 cm³/mol. The Kier molecular flexibility index (Phi) is 3.72. The van der Waals surface area contributed by atoms with Crippen molar-refractivity contribution < 1.29 is 0 Å². The highest BCUT2D eigenvalue weighted by Crippen LogP contribution is 2.03. The topological polar surface area (TPSA) is 59.8 Å². The standard InChI is InChI=1S/C13H16N4O/c1-3-15-12-5-13(18)17(16-8-12)9-11-4-10(2)6-14-7-11/h4-8,15H,3,9H2,1-2H3. The van der Waals surface area contributed by atoms with Crippen LogP contribution in [0.15, 0.2) is 35.5 Å². The summed E-state index contributed by atoms with van der Waals surface area (Å²) in [4.78, 5) is 15.9. The molecule has 0 aliphatic carbocycles. The van der Waals surface area contributed by atoms with Crippen LogP contribution in [0, 0.1) is 6.92 Å². The highest BCUT2D eigenvalue weighted by atomic mass is 16.1. The second kappa shape index (κ2) is 5.44. The predicted octanol–water partition coefficient (Wildman–Crippen LogP) is 1.43. The monoisotopic (exact) mass is 244 g/mol. The lowest BCUT2D eigenvalue weighted by Gasteiger charge is -2.07. The SMILES string of the molecule is CCNc1cnn(Cc2cncc(C)c2)c(=O)c1. The third-order valence-corrected chi connectivity index (χ3v) is 2.51. The smallest absolute Gasteiger partial charge is 0.269 e. The fraction of sp³-hybridized carbons (Fsp3) is 0.308.